The highest BCUT2D eigenvalue weighted by atomic mass is 16.2. The van der Waals surface area contributed by atoms with Gasteiger partial charge in [-0.2, -0.15) is 0 Å². The van der Waals surface area contributed by atoms with Crippen LogP contribution >= 0.6 is 0 Å². The Balaban J connectivity index is 2.09. The van der Waals surface area contributed by atoms with Gasteiger partial charge in [-0.25, -0.2) is 0 Å². The van der Waals surface area contributed by atoms with E-state index in [1.165, 1.54) is 0 Å². The van der Waals surface area contributed by atoms with Crippen LogP contribution in [0.5, 0.6) is 0 Å². The minimum Gasteiger partial charge on any atom is -0.297 e. The second kappa shape index (κ2) is 4.30. The minimum absolute atomic E-state index is 0.0127. The van der Waals surface area contributed by atoms with Crippen molar-refractivity contribution >= 4 is 11.6 Å². The van der Waals surface area contributed by atoms with Crippen molar-refractivity contribution in [2.75, 3.05) is 0 Å². The summed E-state index contributed by atoms with van der Waals surface area (Å²) in [4.78, 5) is 18.8. The van der Waals surface area contributed by atoms with Crippen LogP contribution < -0.4 is 0 Å². The molecule has 0 saturated carbocycles. The summed E-state index contributed by atoms with van der Waals surface area (Å²) < 4.78 is 0. The molecule has 1 aromatic carbocycles. The van der Waals surface area contributed by atoms with Gasteiger partial charge in [0.2, 0.25) is 0 Å². The van der Waals surface area contributed by atoms with Crippen LogP contribution in [0, 0.1) is 0 Å². The molecule has 100 valence electrons. The molecule has 0 bridgehead atoms. The molecule has 1 aliphatic heterocycles. The number of pyridine rings is 1. The second-order valence-electron chi connectivity index (χ2n) is 5.41. The topological polar surface area (TPSA) is 33.2 Å². The number of hydrogen-bond acceptors (Lipinski definition) is 2. The van der Waals surface area contributed by atoms with E-state index in [9.17, 15) is 4.79 Å². The average Bonchev–Trinajstić information content (AvgIpc) is 2.73. The third-order valence-electron chi connectivity index (χ3n) is 3.79. The molecule has 3 rings (SSSR count). The fraction of sp³-hybridized carbons (Fsp3) is 0.176. The molecular formula is C17H16N2O. The number of hydrogen-bond donors (Lipinski definition) is 0. The van der Waals surface area contributed by atoms with Crippen LogP contribution in [-0.2, 0) is 5.54 Å². The third kappa shape index (κ3) is 1.67. The predicted molar refractivity (Wildman–Crippen MR) is 78.9 cm³/mol. The van der Waals surface area contributed by atoms with Crippen LogP contribution in [0.4, 0.5) is 0 Å². The number of rotatable bonds is 2. The van der Waals surface area contributed by atoms with E-state index < -0.39 is 5.54 Å². The largest absolute Gasteiger partial charge is 0.297 e. The Bertz CT molecular complexity index is 654. The van der Waals surface area contributed by atoms with E-state index >= 15 is 0 Å². The molecule has 1 amide bonds. The zero-order valence-electron chi connectivity index (χ0n) is 11.6. The summed E-state index contributed by atoms with van der Waals surface area (Å²) in [5.74, 6) is -0.0127. The minimum atomic E-state index is -0.533. The molecule has 20 heavy (non-hydrogen) atoms. The van der Waals surface area contributed by atoms with Crippen molar-refractivity contribution in [3.05, 3.63) is 72.1 Å². The van der Waals surface area contributed by atoms with Gasteiger partial charge in [-0.05, 0) is 32.0 Å². The zero-order valence-corrected chi connectivity index (χ0v) is 11.6. The van der Waals surface area contributed by atoms with Crippen molar-refractivity contribution in [3.8, 4) is 0 Å². The molecule has 0 spiro atoms. The monoisotopic (exact) mass is 264 g/mol. The summed E-state index contributed by atoms with van der Waals surface area (Å²) in [6.45, 7) is 8.08. The van der Waals surface area contributed by atoms with Gasteiger partial charge in [0.05, 0.1) is 11.2 Å². The van der Waals surface area contributed by atoms with Crippen molar-refractivity contribution in [2.24, 2.45) is 0 Å². The molecule has 1 aromatic heterocycles. The summed E-state index contributed by atoms with van der Waals surface area (Å²) >= 11 is 0. The lowest BCUT2D eigenvalue weighted by Crippen LogP contribution is -2.41. The van der Waals surface area contributed by atoms with Gasteiger partial charge >= 0.3 is 0 Å². The van der Waals surface area contributed by atoms with Crippen LogP contribution in [0.3, 0.4) is 0 Å². The van der Waals surface area contributed by atoms with Gasteiger partial charge in [0.1, 0.15) is 0 Å². The van der Waals surface area contributed by atoms with E-state index in [0.29, 0.717) is 5.56 Å². The van der Waals surface area contributed by atoms with Crippen molar-refractivity contribution in [1.29, 1.82) is 0 Å². The number of fused-ring (bicyclic) bond motifs is 1. The Morgan fingerprint density at radius 2 is 1.70 bits per heavy atom. The molecule has 3 heteroatoms. The Labute approximate surface area is 118 Å². The van der Waals surface area contributed by atoms with Gasteiger partial charge in [-0.3, -0.25) is 14.7 Å². The molecule has 0 fully saturated rings. The SMILES string of the molecule is C=C1c2ccccc2C(=O)N1C(C)(C)c1ccccn1. The van der Waals surface area contributed by atoms with Gasteiger partial charge in [0.15, 0.2) is 0 Å². The molecule has 0 radical (unpaired) electrons. The van der Waals surface area contributed by atoms with Crippen LogP contribution in [-0.4, -0.2) is 15.8 Å². The lowest BCUT2D eigenvalue weighted by molar-refractivity contribution is 0.0720. The smallest absolute Gasteiger partial charge is 0.259 e. The summed E-state index contributed by atoms with van der Waals surface area (Å²) in [6.07, 6.45) is 1.74. The number of carbonyl (C=O) groups excluding carboxylic acids is 1. The first kappa shape index (κ1) is 12.6. The number of benzene rings is 1. The maximum absolute atomic E-state index is 12.7. The Kier molecular flexibility index (Phi) is 2.71. The summed E-state index contributed by atoms with van der Waals surface area (Å²) in [5, 5.41) is 0. The Morgan fingerprint density at radius 1 is 1.05 bits per heavy atom. The van der Waals surface area contributed by atoms with Crippen molar-refractivity contribution in [3.63, 3.8) is 0 Å². The van der Waals surface area contributed by atoms with Gasteiger partial charge < -0.3 is 0 Å². The number of carbonyl (C=O) groups is 1. The summed E-state index contributed by atoms with van der Waals surface area (Å²) in [6, 6.07) is 13.3. The zero-order chi connectivity index (χ0) is 14.3. The fourth-order valence-electron chi connectivity index (χ4n) is 2.72. The third-order valence-corrected chi connectivity index (χ3v) is 3.79. The molecule has 0 atom stereocenters. The first-order valence-electron chi connectivity index (χ1n) is 6.58. The highest BCUT2D eigenvalue weighted by molar-refractivity contribution is 6.09. The lowest BCUT2D eigenvalue weighted by atomic mass is 9.97. The Hall–Kier alpha value is -2.42. The van der Waals surface area contributed by atoms with E-state index in [-0.39, 0.29) is 5.91 Å². The van der Waals surface area contributed by atoms with Gasteiger partial charge in [-0.15, -0.1) is 0 Å². The number of nitrogens with zero attached hydrogens (tertiary/aromatic N) is 2. The lowest BCUT2D eigenvalue weighted by Gasteiger charge is -2.35. The normalized spacial score (nSPS) is 14.6. The molecule has 3 nitrogen and oxygen atoms in total. The molecule has 0 N–H and O–H groups in total. The fourth-order valence-corrected chi connectivity index (χ4v) is 2.72. The number of aromatic nitrogens is 1. The van der Waals surface area contributed by atoms with E-state index in [1.54, 1.807) is 11.1 Å². The molecule has 0 saturated heterocycles. The van der Waals surface area contributed by atoms with Crippen LogP contribution in [0.1, 0.15) is 35.5 Å². The van der Waals surface area contributed by atoms with E-state index in [0.717, 1.165) is 17.0 Å². The van der Waals surface area contributed by atoms with Gasteiger partial charge in [0, 0.05) is 23.0 Å². The molecule has 2 aromatic rings. The molecule has 0 unspecified atom stereocenters. The quantitative estimate of drug-likeness (QED) is 0.832. The van der Waals surface area contributed by atoms with Gasteiger partial charge in [-0.1, -0.05) is 30.8 Å². The maximum atomic E-state index is 12.7. The van der Waals surface area contributed by atoms with Crippen LogP contribution in [0.2, 0.25) is 0 Å². The average molecular weight is 264 g/mol. The number of amides is 1. The molecule has 1 aliphatic rings. The highest BCUT2D eigenvalue weighted by Gasteiger charge is 2.41. The van der Waals surface area contributed by atoms with Crippen molar-refractivity contribution < 1.29 is 4.79 Å². The highest BCUT2D eigenvalue weighted by Crippen LogP contribution is 2.40. The van der Waals surface area contributed by atoms with Crippen molar-refractivity contribution in [2.45, 2.75) is 19.4 Å². The maximum Gasteiger partial charge on any atom is 0.259 e. The van der Waals surface area contributed by atoms with Crippen LogP contribution in [0.25, 0.3) is 5.70 Å². The molecular weight excluding hydrogens is 248 g/mol. The summed E-state index contributed by atoms with van der Waals surface area (Å²) in [7, 11) is 0. The second-order valence-corrected chi connectivity index (χ2v) is 5.41. The first-order valence-corrected chi connectivity index (χ1v) is 6.58. The van der Waals surface area contributed by atoms with Gasteiger partial charge in [0.25, 0.3) is 5.91 Å². The molecule has 0 aliphatic carbocycles. The first-order chi connectivity index (χ1) is 9.53. The summed E-state index contributed by atoms with van der Waals surface area (Å²) in [5.41, 5.74) is 2.67. The Morgan fingerprint density at radius 3 is 2.30 bits per heavy atom. The van der Waals surface area contributed by atoms with Crippen molar-refractivity contribution in [1.82, 2.24) is 9.88 Å². The molecule has 2 heterocycles. The predicted octanol–water partition coefficient (Wildman–Crippen LogP) is 3.44. The van der Waals surface area contributed by atoms with E-state index in [2.05, 4.69) is 11.6 Å². The van der Waals surface area contributed by atoms with E-state index in [1.807, 2.05) is 56.3 Å². The van der Waals surface area contributed by atoms with Crippen LogP contribution in [0.15, 0.2) is 55.2 Å². The standard InChI is InChI=1S/C17H16N2O/c1-12-13-8-4-5-9-14(13)16(20)19(12)17(2,3)15-10-6-7-11-18-15/h4-11H,1H2,2-3H3. The van der Waals surface area contributed by atoms with E-state index in [4.69, 9.17) is 0 Å².